The maximum atomic E-state index is 11.1. The van der Waals surface area contributed by atoms with Gasteiger partial charge in [0.25, 0.3) is 0 Å². The van der Waals surface area contributed by atoms with Gasteiger partial charge in [0.05, 0.1) is 0 Å². The molecule has 0 unspecified atom stereocenters. The first-order valence-electron chi connectivity index (χ1n) is 7.53. The molecule has 4 heteroatoms. The van der Waals surface area contributed by atoms with Gasteiger partial charge in [-0.05, 0) is 24.1 Å². The first-order valence-corrected chi connectivity index (χ1v) is 7.53. The average Bonchev–Trinajstić information content (AvgIpc) is 2.46. The number of nitrogens with zero attached hydrogens (tertiary/aromatic N) is 1. The van der Waals surface area contributed by atoms with Gasteiger partial charge in [0.1, 0.15) is 0 Å². The number of hydrogen-bond donors (Lipinski definition) is 2. The normalized spacial score (nSPS) is 17.7. The fourth-order valence-electron chi connectivity index (χ4n) is 2.82. The van der Waals surface area contributed by atoms with Gasteiger partial charge in [0, 0.05) is 44.8 Å². The maximum Gasteiger partial charge on any atom is 0.221 e. The van der Waals surface area contributed by atoms with E-state index in [1.54, 1.807) is 0 Å². The van der Waals surface area contributed by atoms with Gasteiger partial charge in [-0.2, -0.15) is 0 Å². The van der Waals surface area contributed by atoms with E-state index >= 15 is 0 Å². The Labute approximate surface area is 121 Å². The van der Waals surface area contributed by atoms with Gasteiger partial charge in [0.15, 0.2) is 0 Å². The molecular weight excluding hydrogens is 250 g/mol. The lowest BCUT2D eigenvalue weighted by molar-refractivity contribution is -0.114. The van der Waals surface area contributed by atoms with Crippen LogP contribution in [0.1, 0.15) is 38.3 Å². The number of rotatable bonds is 5. The molecule has 1 saturated heterocycles. The summed E-state index contributed by atoms with van der Waals surface area (Å²) in [4.78, 5) is 13.6. The maximum absolute atomic E-state index is 11.1. The lowest BCUT2D eigenvalue weighted by Crippen LogP contribution is -2.45. The predicted octanol–water partition coefficient (Wildman–Crippen LogP) is 2.39. The van der Waals surface area contributed by atoms with Crippen molar-refractivity contribution < 1.29 is 4.79 Å². The molecule has 1 aliphatic heterocycles. The number of piperazine rings is 1. The van der Waals surface area contributed by atoms with Crippen LogP contribution in [0.5, 0.6) is 0 Å². The number of carbonyl (C=O) groups excluding carboxylic acids is 1. The SMILES string of the molecule is CCC[C@H](c1ccc(NC(C)=O)cc1)N1CCNCC1. The molecule has 0 saturated carbocycles. The number of benzene rings is 1. The summed E-state index contributed by atoms with van der Waals surface area (Å²) in [5, 5.41) is 6.22. The average molecular weight is 275 g/mol. The van der Waals surface area contributed by atoms with Crippen molar-refractivity contribution >= 4 is 11.6 Å². The molecule has 0 aromatic heterocycles. The summed E-state index contributed by atoms with van der Waals surface area (Å²) >= 11 is 0. The topological polar surface area (TPSA) is 44.4 Å². The molecule has 1 heterocycles. The Bertz CT molecular complexity index is 424. The number of hydrogen-bond acceptors (Lipinski definition) is 3. The van der Waals surface area contributed by atoms with Crippen molar-refractivity contribution in [1.29, 1.82) is 0 Å². The van der Waals surface area contributed by atoms with Crippen molar-refractivity contribution in [2.24, 2.45) is 0 Å². The van der Waals surface area contributed by atoms with Crippen molar-refractivity contribution in [2.75, 3.05) is 31.5 Å². The lowest BCUT2D eigenvalue weighted by atomic mass is 9.99. The Hall–Kier alpha value is -1.39. The highest BCUT2D eigenvalue weighted by atomic mass is 16.1. The molecule has 1 amide bonds. The van der Waals surface area contributed by atoms with Crippen LogP contribution >= 0.6 is 0 Å². The van der Waals surface area contributed by atoms with Crippen LogP contribution in [-0.4, -0.2) is 37.0 Å². The molecule has 1 aliphatic rings. The number of nitrogens with one attached hydrogen (secondary N) is 2. The summed E-state index contributed by atoms with van der Waals surface area (Å²) in [6.45, 7) is 8.14. The van der Waals surface area contributed by atoms with Gasteiger partial charge in [-0.1, -0.05) is 25.5 Å². The molecule has 1 atom stereocenters. The monoisotopic (exact) mass is 275 g/mol. The van der Waals surface area contributed by atoms with Gasteiger partial charge < -0.3 is 10.6 Å². The van der Waals surface area contributed by atoms with Crippen molar-refractivity contribution in [3.05, 3.63) is 29.8 Å². The van der Waals surface area contributed by atoms with Crippen LogP contribution in [0.3, 0.4) is 0 Å². The van der Waals surface area contributed by atoms with Crippen LogP contribution in [0.4, 0.5) is 5.69 Å². The Morgan fingerprint density at radius 1 is 1.30 bits per heavy atom. The minimum absolute atomic E-state index is 0.0232. The Kier molecular flexibility index (Phi) is 5.56. The van der Waals surface area contributed by atoms with E-state index < -0.39 is 0 Å². The lowest BCUT2D eigenvalue weighted by Gasteiger charge is -2.35. The molecule has 1 aromatic carbocycles. The number of amides is 1. The molecule has 20 heavy (non-hydrogen) atoms. The quantitative estimate of drug-likeness (QED) is 0.867. The van der Waals surface area contributed by atoms with Crippen molar-refractivity contribution in [2.45, 2.75) is 32.7 Å². The van der Waals surface area contributed by atoms with E-state index in [-0.39, 0.29) is 5.91 Å². The minimum atomic E-state index is -0.0232. The van der Waals surface area contributed by atoms with Crippen LogP contribution in [0.15, 0.2) is 24.3 Å². The zero-order chi connectivity index (χ0) is 14.4. The molecule has 0 radical (unpaired) electrons. The minimum Gasteiger partial charge on any atom is -0.326 e. The third-order valence-electron chi connectivity index (χ3n) is 3.77. The molecule has 2 rings (SSSR count). The van der Waals surface area contributed by atoms with Crippen LogP contribution < -0.4 is 10.6 Å². The van der Waals surface area contributed by atoms with Crippen LogP contribution in [-0.2, 0) is 4.79 Å². The van der Waals surface area contributed by atoms with E-state index in [2.05, 4.69) is 34.6 Å². The molecule has 0 bridgehead atoms. The Morgan fingerprint density at radius 3 is 2.50 bits per heavy atom. The third kappa shape index (κ3) is 4.05. The van der Waals surface area contributed by atoms with Crippen molar-refractivity contribution in [3.63, 3.8) is 0 Å². The largest absolute Gasteiger partial charge is 0.326 e. The molecule has 110 valence electrons. The van der Waals surface area contributed by atoms with E-state index in [1.807, 2.05) is 12.1 Å². The second kappa shape index (κ2) is 7.41. The fraction of sp³-hybridized carbons (Fsp3) is 0.562. The smallest absolute Gasteiger partial charge is 0.221 e. The summed E-state index contributed by atoms with van der Waals surface area (Å²) in [6.07, 6.45) is 2.36. The summed E-state index contributed by atoms with van der Waals surface area (Å²) in [5.41, 5.74) is 2.22. The van der Waals surface area contributed by atoms with E-state index in [0.717, 1.165) is 31.9 Å². The summed E-state index contributed by atoms with van der Waals surface area (Å²) in [7, 11) is 0. The standard InChI is InChI=1S/C16H25N3O/c1-3-4-16(19-11-9-17-10-12-19)14-5-7-15(8-6-14)18-13(2)20/h5-8,16-17H,3-4,9-12H2,1-2H3,(H,18,20)/t16-/m1/s1. The van der Waals surface area contributed by atoms with Crippen LogP contribution in [0.2, 0.25) is 0 Å². The van der Waals surface area contributed by atoms with Gasteiger partial charge in [0.2, 0.25) is 5.91 Å². The van der Waals surface area contributed by atoms with Crippen LogP contribution in [0.25, 0.3) is 0 Å². The first kappa shape index (κ1) is 15.0. The first-order chi connectivity index (χ1) is 9.70. The van der Waals surface area contributed by atoms with Crippen LogP contribution in [0, 0.1) is 0 Å². The molecule has 0 aliphatic carbocycles. The molecule has 1 aromatic rings. The van der Waals surface area contributed by atoms with Crippen molar-refractivity contribution in [1.82, 2.24) is 10.2 Å². The molecule has 1 fully saturated rings. The van der Waals surface area contributed by atoms with Gasteiger partial charge >= 0.3 is 0 Å². The highest BCUT2D eigenvalue weighted by Crippen LogP contribution is 2.27. The molecular formula is C16H25N3O. The highest BCUT2D eigenvalue weighted by molar-refractivity contribution is 5.88. The van der Waals surface area contributed by atoms with Crippen molar-refractivity contribution in [3.8, 4) is 0 Å². The summed E-state index contributed by atoms with van der Waals surface area (Å²) in [5.74, 6) is -0.0232. The molecule has 0 spiro atoms. The van der Waals surface area contributed by atoms with Gasteiger partial charge in [-0.15, -0.1) is 0 Å². The number of anilines is 1. The zero-order valence-corrected chi connectivity index (χ0v) is 12.5. The van der Waals surface area contributed by atoms with E-state index in [4.69, 9.17) is 0 Å². The predicted molar refractivity (Wildman–Crippen MR) is 82.8 cm³/mol. The number of carbonyl (C=O) groups is 1. The second-order valence-electron chi connectivity index (χ2n) is 5.39. The highest BCUT2D eigenvalue weighted by Gasteiger charge is 2.21. The van der Waals surface area contributed by atoms with Gasteiger partial charge in [-0.25, -0.2) is 0 Å². The summed E-state index contributed by atoms with van der Waals surface area (Å²) in [6, 6.07) is 8.79. The molecule has 2 N–H and O–H groups in total. The van der Waals surface area contributed by atoms with Gasteiger partial charge in [-0.3, -0.25) is 9.69 Å². The second-order valence-corrected chi connectivity index (χ2v) is 5.39. The zero-order valence-electron chi connectivity index (χ0n) is 12.5. The Balaban J connectivity index is 2.09. The fourth-order valence-corrected chi connectivity index (χ4v) is 2.82. The van der Waals surface area contributed by atoms with E-state index in [9.17, 15) is 4.79 Å². The van der Waals surface area contributed by atoms with E-state index in [0.29, 0.717) is 6.04 Å². The Morgan fingerprint density at radius 2 is 1.95 bits per heavy atom. The molecule has 4 nitrogen and oxygen atoms in total. The third-order valence-corrected chi connectivity index (χ3v) is 3.77. The van der Waals surface area contributed by atoms with E-state index in [1.165, 1.54) is 25.3 Å². The summed E-state index contributed by atoms with van der Waals surface area (Å²) < 4.78 is 0.